The molecule has 0 saturated carbocycles. The van der Waals surface area contributed by atoms with Crippen molar-refractivity contribution in [3.05, 3.63) is 65.7 Å². The molecule has 2 aromatic rings. The molecular weight excluding hydrogens is 434 g/mol. The van der Waals surface area contributed by atoms with Crippen LogP contribution in [0.5, 0.6) is 5.75 Å². The largest absolute Gasteiger partial charge is 0.497 e. The van der Waals surface area contributed by atoms with Crippen molar-refractivity contribution >= 4 is 12.0 Å². The summed E-state index contributed by atoms with van der Waals surface area (Å²) in [6.45, 7) is 4.67. The number of alkyl carbamates (subject to hydrolysis) is 1. The SMILES string of the molecule is COc1ccc(CC(NC(=O)COC(=O)NCCc2ccccc2)C(O)CCNC(C)C)cc1. The Morgan fingerprint density at radius 3 is 2.32 bits per heavy atom. The van der Waals surface area contributed by atoms with Crippen LogP contribution in [0.4, 0.5) is 4.79 Å². The zero-order valence-corrected chi connectivity index (χ0v) is 20.3. The molecule has 0 aliphatic rings. The first-order valence-electron chi connectivity index (χ1n) is 11.7. The lowest BCUT2D eigenvalue weighted by Crippen LogP contribution is -2.47. The minimum absolute atomic E-state index is 0.302. The van der Waals surface area contributed by atoms with E-state index < -0.39 is 30.8 Å². The van der Waals surface area contributed by atoms with E-state index in [1.54, 1.807) is 7.11 Å². The van der Waals surface area contributed by atoms with Gasteiger partial charge in [0, 0.05) is 12.6 Å². The molecule has 4 N–H and O–H groups in total. The first-order chi connectivity index (χ1) is 16.4. The molecule has 186 valence electrons. The van der Waals surface area contributed by atoms with E-state index >= 15 is 0 Å². The number of rotatable bonds is 14. The summed E-state index contributed by atoms with van der Waals surface area (Å²) in [5.74, 6) is 0.269. The first-order valence-corrected chi connectivity index (χ1v) is 11.7. The van der Waals surface area contributed by atoms with Crippen molar-refractivity contribution in [1.82, 2.24) is 16.0 Å². The van der Waals surface area contributed by atoms with Crippen molar-refractivity contribution in [2.24, 2.45) is 0 Å². The van der Waals surface area contributed by atoms with E-state index in [9.17, 15) is 14.7 Å². The highest BCUT2D eigenvalue weighted by molar-refractivity contribution is 5.80. The monoisotopic (exact) mass is 471 g/mol. The summed E-state index contributed by atoms with van der Waals surface area (Å²) < 4.78 is 10.2. The van der Waals surface area contributed by atoms with Crippen LogP contribution in [-0.2, 0) is 22.4 Å². The lowest BCUT2D eigenvalue weighted by molar-refractivity contribution is -0.125. The molecule has 0 heterocycles. The minimum atomic E-state index is -0.767. The third-order valence-corrected chi connectivity index (χ3v) is 5.28. The Morgan fingerprint density at radius 1 is 0.971 bits per heavy atom. The second kappa shape index (κ2) is 14.9. The maximum absolute atomic E-state index is 12.5. The minimum Gasteiger partial charge on any atom is -0.497 e. The Labute approximate surface area is 202 Å². The van der Waals surface area contributed by atoms with Gasteiger partial charge in [0.05, 0.1) is 19.3 Å². The van der Waals surface area contributed by atoms with Crippen molar-refractivity contribution in [3.8, 4) is 5.75 Å². The fraction of sp³-hybridized carbons (Fsp3) is 0.462. The highest BCUT2D eigenvalue weighted by Gasteiger charge is 2.22. The molecule has 8 heteroatoms. The zero-order valence-electron chi connectivity index (χ0n) is 20.3. The maximum atomic E-state index is 12.5. The molecule has 0 spiro atoms. The van der Waals surface area contributed by atoms with Crippen LogP contribution in [0, 0.1) is 0 Å². The highest BCUT2D eigenvalue weighted by Crippen LogP contribution is 2.14. The van der Waals surface area contributed by atoms with Gasteiger partial charge in [-0.2, -0.15) is 0 Å². The normalized spacial score (nSPS) is 12.6. The predicted molar refractivity (Wildman–Crippen MR) is 132 cm³/mol. The van der Waals surface area contributed by atoms with Crippen molar-refractivity contribution in [2.75, 3.05) is 26.8 Å². The van der Waals surface area contributed by atoms with Crippen molar-refractivity contribution in [1.29, 1.82) is 0 Å². The summed E-state index contributed by atoms with van der Waals surface area (Å²) in [6.07, 6.45) is 0.154. The summed E-state index contributed by atoms with van der Waals surface area (Å²) in [5, 5.41) is 19.5. The molecule has 2 rings (SSSR count). The number of benzene rings is 2. The molecule has 0 radical (unpaired) electrons. The van der Waals surface area contributed by atoms with Crippen LogP contribution in [0.3, 0.4) is 0 Å². The topological polar surface area (TPSA) is 109 Å². The Morgan fingerprint density at radius 2 is 1.68 bits per heavy atom. The Balaban J connectivity index is 1.84. The van der Waals surface area contributed by atoms with E-state index in [1.807, 2.05) is 68.4 Å². The molecule has 0 aliphatic carbocycles. The van der Waals surface area contributed by atoms with Gasteiger partial charge in [0.2, 0.25) is 0 Å². The van der Waals surface area contributed by atoms with E-state index in [4.69, 9.17) is 9.47 Å². The van der Waals surface area contributed by atoms with Crippen LogP contribution in [0.25, 0.3) is 0 Å². The van der Waals surface area contributed by atoms with E-state index in [0.29, 0.717) is 38.4 Å². The Bertz CT molecular complexity index is 858. The average Bonchev–Trinajstić information content (AvgIpc) is 2.83. The van der Waals surface area contributed by atoms with Crippen molar-refractivity contribution < 1.29 is 24.2 Å². The molecule has 2 unspecified atom stereocenters. The number of hydrogen-bond acceptors (Lipinski definition) is 6. The Hall–Kier alpha value is -3.10. The summed E-state index contributed by atoms with van der Waals surface area (Å²) in [6, 6.07) is 17.0. The van der Waals surface area contributed by atoms with Gasteiger partial charge >= 0.3 is 6.09 Å². The van der Waals surface area contributed by atoms with Gasteiger partial charge < -0.3 is 30.5 Å². The van der Waals surface area contributed by atoms with Gasteiger partial charge in [-0.15, -0.1) is 0 Å². The zero-order chi connectivity index (χ0) is 24.8. The second-order valence-electron chi connectivity index (χ2n) is 8.43. The molecule has 0 saturated heterocycles. The smallest absolute Gasteiger partial charge is 0.407 e. The molecule has 0 aromatic heterocycles. The molecule has 0 fully saturated rings. The van der Waals surface area contributed by atoms with Crippen LogP contribution < -0.4 is 20.7 Å². The number of nitrogens with one attached hydrogen (secondary N) is 3. The van der Waals surface area contributed by atoms with Gasteiger partial charge in [-0.05, 0) is 49.1 Å². The van der Waals surface area contributed by atoms with E-state index in [2.05, 4.69) is 16.0 Å². The van der Waals surface area contributed by atoms with Gasteiger partial charge in [0.1, 0.15) is 5.75 Å². The third kappa shape index (κ3) is 10.7. The van der Waals surface area contributed by atoms with E-state index in [1.165, 1.54) is 0 Å². The summed E-state index contributed by atoms with van der Waals surface area (Å²) in [5.41, 5.74) is 2.05. The second-order valence-corrected chi connectivity index (χ2v) is 8.43. The van der Waals surface area contributed by atoms with Gasteiger partial charge in [-0.25, -0.2) is 4.79 Å². The number of aliphatic hydroxyl groups is 1. The number of carbonyl (C=O) groups excluding carboxylic acids is 2. The third-order valence-electron chi connectivity index (χ3n) is 5.28. The fourth-order valence-corrected chi connectivity index (χ4v) is 3.40. The van der Waals surface area contributed by atoms with Gasteiger partial charge in [-0.3, -0.25) is 4.79 Å². The number of amides is 2. The number of hydrogen-bond donors (Lipinski definition) is 4. The standard InChI is InChI=1S/C26H37N3O5/c1-19(2)27-16-14-24(30)23(17-21-9-11-22(33-3)12-10-21)29-25(31)18-34-26(32)28-15-13-20-7-5-4-6-8-20/h4-12,19,23-24,27,30H,13-18H2,1-3H3,(H,28,32)(H,29,31). The van der Waals surface area contributed by atoms with E-state index in [0.717, 1.165) is 16.9 Å². The van der Waals surface area contributed by atoms with Crippen LogP contribution in [0.1, 0.15) is 31.4 Å². The Kier molecular flexibility index (Phi) is 11.9. The molecule has 2 aromatic carbocycles. The van der Waals surface area contributed by atoms with E-state index in [-0.39, 0.29) is 0 Å². The van der Waals surface area contributed by atoms with Gasteiger partial charge in [-0.1, -0.05) is 56.3 Å². The molecule has 8 nitrogen and oxygen atoms in total. The highest BCUT2D eigenvalue weighted by atomic mass is 16.6. The van der Waals surface area contributed by atoms with Crippen molar-refractivity contribution in [2.45, 2.75) is 51.3 Å². The number of aliphatic hydroxyl groups excluding tert-OH is 1. The van der Waals surface area contributed by atoms with Crippen LogP contribution in [0.2, 0.25) is 0 Å². The van der Waals surface area contributed by atoms with Crippen LogP contribution in [0.15, 0.2) is 54.6 Å². The lowest BCUT2D eigenvalue weighted by Gasteiger charge is -2.25. The lowest BCUT2D eigenvalue weighted by atomic mass is 9.99. The van der Waals surface area contributed by atoms with Crippen molar-refractivity contribution in [3.63, 3.8) is 0 Å². The molecule has 2 amide bonds. The number of carbonyl (C=O) groups is 2. The van der Waals surface area contributed by atoms with Gasteiger partial charge in [0.15, 0.2) is 6.61 Å². The first kappa shape index (κ1) is 27.1. The summed E-state index contributed by atoms with van der Waals surface area (Å²) in [4.78, 5) is 24.4. The molecule has 34 heavy (non-hydrogen) atoms. The quantitative estimate of drug-likeness (QED) is 0.337. The number of methoxy groups -OCH3 is 1. The van der Waals surface area contributed by atoms with Crippen LogP contribution in [-0.4, -0.2) is 62.1 Å². The molecule has 0 aliphatic heterocycles. The fourth-order valence-electron chi connectivity index (χ4n) is 3.40. The average molecular weight is 472 g/mol. The molecular formula is C26H37N3O5. The number of ether oxygens (including phenoxy) is 2. The van der Waals surface area contributed by atoms with Gasteiger partial charge in [0.25, 0.3) is 5.91 Å². The van der Waals surface area contributed by atoms with Crippen LogP contribution >= 0.6 is 0 Å². The summed E-state index contributed by atoms with van der Waals surface area (Å²) >= 11 is 0. The predicted octanol–water partition coefficient (Wildman–Crippen LogP) is 2.44. The summed E-state index contributed by atoms with van der Waals surface area (Å²) in [7, 11) is 1.60. The molecule has 0 bridgehead atoms. The molecule has 2 atom stereocenters. The maximum Gasteiger partial charge on any atom is 0.407 e.